The van der Waals surface area contributed by atoms with Gasteiger partial charge in [-0.15, -0.1) is 0 Å². The van der Waals surface area contributed by atoms with E-state index in [0.29, 0.717) is 6.42 Å². The van der Waals surface area contributed by atoms with Crippen LogP contribution in [-0.2, 0) is 28.9 Å². The minimum absolute atomic E-state index is 0.127. The Balaban J connectivity index is 1.71. The predicted molar refractivity (Wildman–Crippen MR) is 88.4 cm³/mol. The summed E-state index contributed by atoms with van der Waals surface area (Å²) in [5.74, 6) is -0.127. The zero-order valence-electron chi connectivity index (χ0n) is 13.0. The van der Waals surface area contributed by atoms with Gasteiger partial charge in [-0.1, -0.05) is 54.6 Å². The Morgan fingerprint density at radius 2 is 1.41 bits per heavy atom. The molecule has 2 rings (SSSR count). The molecule has 0 unspecified atom stereocenters. The molecule has 0 atom stereocenters. The maximum atomic E-state index is 11.4. The van der Waals surface area contributed by atoms with Gasteiger partial charge in [-0.3, -0.25) is 9.63 Å². The monoisotopic (exact) mass is 297 g/mol. The molecule has 0 aliphatic rings. The number of benzene rings is 2. The number of carbonyl (C=O) groups is 1. The van der Waals surface area contributed by atoms with E-state index in [4.69, 9.17) is 0 Å². The molecule has 0 aliphatic heterocycles. The number of carbonyl (C=O) groups excluding carboxylic acids is 1. The number of amides is 1. The molecule has 0 heterocycles. The summed E-state index contributed by atoms with van der Waals surface area (Å²) in [6.07, 6.45) is 4.94. The van der Waals surface area contributed by atoms with Gasteiger partial charge in [-0.25, -0.2) is 5.48 Å². The van der Waals surface area contributed by atoms with Crippen LogP contribution in [0, 0.1) is 0 Å². The summed E-state index contributed by atoms with van der Waals surface area (Å²) in [5, 5.41) is 0. The molecule has 0 saturated heterocycles. The number of aryl methyl sites for hydroxylation is 2. The number of hydrogen-bond donors (Lipinski definition) is 1. The Morgan fingerprint density at radius 3 is 2.00 bits per heavy atom. The van der Waals surface area contributed by atoms with Crippen LogP contribution < -0.4 is 5.48 Å². The molecule has 0 saturated carbocycles. The lowest BCUT2D eigenvalue weighted by Crippen LogP contribution is -2.23. The third kappa shape index (κ3) is 5.70. The molecule has 3 heteroatoms. The Hall–Kier alpha value is -2.13. The number of unbranched alkanes of at least 4 members (excludes halogenated alkanes) is 1. The molecule has 1 amide bonds. The van der Waals surface area contributed by atoms with Crippen LogP contribution in [0.25, 0.3) is 0 Å². The highest BCUT2D eigenvalue weighted by molar-refractivity contribution is 5.77. The van der Waals surface area contributed by atoms with Gasteiger partial charge in [-0.2, -0.15) is 0 Å². The van der Waals surface area contributed by atoms with Gasteiger partial charge in [0.15, 0.2) is 0 Å². The van der Waals surface area contributed by atoms with E-state index in [9.17, 15) is 4.79 Å². The molecule has 116 valence electrons. The van der Waals surface area contributed by atoms with Crippen molar-refractivity contribution in [3.63, 3.8) is 0 Å². The van der Waals surface area contributed by atoms with Crippen molar-refractivity contribution < 1.29 is 9.63 Å². The molecule has 0 bridgehead atoms. The summed E-state index contributed by atoms with van der Waals surface area (Å²) in [7, 11) is 1.44. The maximum absolute atomic E-state index is 11.4. The molecule has 2 aromatic rings. The molecule has 0 radical (unpaired) electrons. The van der Waals surface area contributed by atoms with Crippen LogP contribution in [0.15, 0.2) is 54.6 Å². The van der Waals surface area contributed by atoms with E-state index in [2.05, 4.69) is 52.8 Å². The molecule has 0 aromatic heterocycles. The maximum Gasteiger partial charge on any atom is 0.247 e. The van der Waals surface area contributed by atoms with Crippen LogP contribution >= 0.6 is 0 Å². The van der Waals surface area contributed by atoms with E-state index in [0.717, 1.165) is 18.4 Å². The lowest BCUT2D eigenvalue weighted by Gasteiger charge is -2.05. The average molecular weight is 297 g/mol. The van der Waals surface area contributed by atoms with E-state index >= 15 is 0 Å². The Bertz CT molecular complexity index is 564. The van der Waals surface area contributed by atoms with Crippen molar-refractivity contribution >= 4 is 5.91 Å². The second kappa shape index (κ2) is 9.00. The largest absolute Gasteiger partial charge is 0.277 e. The zero-order valence-corrected chi connectivity index (χ0v) is 13.0. The molecular formula is C19H23NO2. The highest BCUT2D eigenvalue weighted by Crippen LogP contribution is 2.11. The second-order valence-corrected chi connectivity index (χ2v) is 5.42. The van der Waals surface area contributed by atoms with E-state index in [1.807, 2.05) is 12.1 Å². The topological polar surface area (TPSA) is 38.3 Å². The van der Waals surface area contributed by atoms with Gasteiger partial charge in [-0.05, 0) is 42.4 Å². The van der Waals surface area contributed by atoms with Crippen LogP contribution in [0.4, 0.5) is 0 Å². The fourth-order valence-corrected chi connectivity index (χ4v) is 2.46. The first-order chi connectivity index (χ1) is 10.8. The van der Waals surface area contributed by atoms with E-state index in [1.54, 1.807) is 0 Å². The standard InChI is InChI=1S/C19H23NO2/c1-22-20-19(21)15-18-13-11-17(12-14-18)10-6-5-9-16-7-3-2-4-8-16/h2-4,7-8,11-14H,5-6,9-10,15H2,1H3,(H,20,21). The minimum atomic E-state index is -0.127. The third-order valence-electron chi connectivity index (χ3n) is 3.63. The van der Waals surface area contributed by atoms with Crippen molar-refractivity contribution in [2.24, 2.45) is 0 Å². The first-order valence-electron chi connectivity index (χ1n) is 7.71. The van der Waals surface area contributed by atoms with Gasteiger partial charge >= 0.3 is 0 Å². The first kappa shape index (κ1) is 16.2. The summed E-state index contributed by atoms with van der Waals surface area (Å²) < 4.78 is 0. The lowest BCUT2D eigenvalue weighted by atomic mass is 10.0. The molecular weight excluding hydrogens is 274 g/mol. The third-order valence-corrected chi connectivity index (χ3v) is 3.63. The number of hydroxylamine groups is 1. The van der Waals surface area contributed by atoms with Crippen LogP contribution in [0.2, 0.25) is 0 Å². The van der Waals surface area contributed by atoms with Crippen molar-refractivity contribution in [1.82, 2.24) is 5.48 Å². The Morgan fingerprint density at radius 1 is 0.864 bits per heavy atom. The highest BCUT2D eigenvalue weighted by Gasteiger charge is 2.02. The summed E-state index contributed by atoms with van der Waals surface area (Å²) in [5.41, 5.74) is 6.06. The Labute approximate surface area is 132 Å². The fraction of sp³-hybridized carbons (Fsp3) is 0.316. The van der Waals surface area contributed by atoms with E-state index in [-0.39, 0.29) is 5.91 Å². The molecule has 1 N–H and O–H groups in total. The number of rotatable bonds is 8. The summed E-state index contributed by atoms with van der Waals surface area (Å²) >= 11 is 0. The molecule has 0 fully saturated rings. The van der Waals surface area contributed by atoms with Crippen molar-refractivity contribution in [2.75, 3.05) is 7.11 Å². The Kier molecular flexibility index (Phi) is 6.65. The highest BCUT2D eigenvalue weighted by atomic mass is 16.6. The van der Waals surface area contributed by atoms with Crippen LogP contribution in [0.3, 0.4) is 0 Å². The van der Waals surface area contributed by atoms with Gasteiger partial charge in [0, 0.05) is 0 Å². The van der Waals surface area contributed by atoms with Crippen molar-refractivity contribution in [3.05, 3.63) is 71.3 Å². The fourth-order valence-electron chi connectivity index (χ4n) is 2.46. The smallest absolute Gasteiger partial charge is 0.247 e. The normalized spacial score (nSPS) is 10.4. The second-order valence-electron chi connectivity index (χ2n) is 5.42. The molecule has 2 aromatic carbocycles. The average Bonchev–Trinajstić information content (AvgIpc) is 2.54. The SMILES string of the molecule is CONC(=O)Cc1ccc(CCCCc2ccccc2)cc1. The summed E-state index contributed by atoms with van der Waals surface area (Å²) in [6.45, 7) is 0. The van der Waals surface area contributed by atoms with Crippen LogP contribution in [0.5, 0.6) is 0 Å². The first-order valence-corrected chi connectivity index (χ1v) is 7.71. The predicted octanol–water partition coefficient (Wildman–Crippen LogP) is 3.47. The van der Waals surface area contributed by atoms with Gasteiger partial charge in [0.2, 0.25) is 5.91 Å². The summed E-state index contributed by atoms with van der Waals surface area (Å²) in [4.78, 5) is 16.0. The zero-order chi connectivity index (χ0) is 15.6. The quantitative estimate of drug-likeness (QED) is 0.598. The number of hydrogen-bond acceptors (Lipinski definition) is 2. The van der Waals surface area contributed by atoms with Crippen LogP contribution in [-0.4, -0.2) is 13.0 Å². The van der Waals surface area contributed by atoms with Crippen molar-refractivity contribution in [1.29, 1.82) is 0 Å². The van der Waals surface area contributed by atoms with Gasteiger partial charge < -0.3 is 0 Å². The molecule has 0 aliphatic carbocycles. The van der Waals surface area contributed by atoms with E-state index < -0.39 is 0 Å². The number of nitrogens with one attached hydrogen (secondary N) is 1. The van der Waals surface area contributed by atoms with Crippen molar-refractivity contribution in [3.8, 4) is 0 Å². The summed E-state index contributed by atoms with van der Waals surface area (Å²) in [6, 6.07) is 18.8. The molecule has 0 spiro atoms. The van der Waals surface area contributed by atoms with Crippen LogP contribution in [0.1, 0.15) is 29.5 Å². The van der Waals surface area contributed by atoms with Gasteiger partial charge in [0.05, 0.1) is 13.5 Å². The molecule has 3 nitrogen and oxygen atoms in total. The van der Waals surface area contributed by atoms with Gasteiger partial charge in [0.1, 0.15) is 0 Å². The lowest BCUT2D eigenvalue weighted by molar-refractivity contribution is -0.130. The van der Waals surface area contributed by atoms with E-state index in [1.165, 1.54) is 31.1 Å². The van der Waals surface area contributed by atoms with Crippen molar-refractivity contribution in [2.45, 2.75) is 32.1 Å². The minimum Gasteiger partial charge on any atom is -0.277 e. The van der Waals surface area contributed by atoms with Gasteiger partial charge in [0.25, 0.3) is 0 Å². The molecule has 22 heavy (non-hydrogen) atoms.